The van der Waals surface area contributed by atoms with Crippen LogP contribution in [0.5, 0.6) is 11.5 Å². The number of nitrogens with zero attached hydrogens (tertiary/aromatic N) is 3. The maximum Gasteiger partial charge on any atom is 0.417 e. The lowest BCUT2D eigenvalue weighted by atomic mass is 10.1. The molecule has 0 radical (unpaired) electrons. The Hall–Kier alpha value is -3.93. The van der Waals surface area contributed by atoms with Gasteiger partial charge in [0.2, 0.25) is 0 Å². The summed E-state index contributed by atoms with van der Waals surface area (Å²) in [6.07, 6.45) is 0.424. The summed E-state index contributed by atoms with van der Waals surface area (Å²) in [5.74, 6) is 1.40. The van der Waals surface area contributed by atoms with Crippen LogP contribution in [0.4, 0.5) is 13.2 Å². The summed E-state index contributed by atoms with van der Waals surface area (Å²) in [5, 5.41) is -0.0308. The van der Waals surface area contributed by atoms with Crippen LogP contribution in [-0.2, 0) is 22.6 Å². The van der Waals surface area contributed by atoms with Crippen LogP contribution in [-0.4, -0.2) is 41.7 Å². The lowest BCUT2D eigenvalue weighted by Gasteiger charge is -2.11. The maximum absolute atomic E-state index is 12.7. The Balaban J connectivity index is 1.49. The minimum atomic E-state index is -4.45. The van der Waals surface area contributed by atoms with Gasteiger partial charge in [-0.25, -0.2) is 18.4 Å². The zero-order chi connectivity index (χ0) is 25.2. The van der Waals surface area contributed by atoms with E-state index in [0.29, 0.717) is 39.8 Å². The highest BCUT2D eigenvalue weighted by atomic mass is 32.2. The molecule has 0 saturated carbocycles. The summed E-state index contributed by atoms with van der Waals surface area (Å²) in [4.78, 5) is 15.2. The molecule has 3 heterocycles. The minimum absolute atomic E-state index is 0.0225. The molecule has 0 aliphatic carbocycles. The molecule has 0 unspecified atom stereocenters. The standard InChI is InChI=1S/C23H19F3N4O4S/c1-33-20-9-17(34-13-16-5-4-15(11-27-16)23(24,25)26)6-7-18(20)19-12-29-22(30-19)14-3-8-21(28-10-14)35(2,31)32/h3-12H,13H2,1-2H3,(H,29,30). The third kappa shape index (κ3) is 5.60. The summed E-state index contributed by atoms with van der Waals surface area (Å²) >= 11 is 0. The van der Waals surface area contributed by atoms with E-state index in [-0.39, 0.29) is 11.6 Å². The van der Waals surface area contributed by atoms with Crippen molar-refractivity contribution in [2.45, 2.75) is 17.8 Å². The lowest BCUT2D eigenvalue weighted by Crippen LogP contribution is -2.06. The Bertz CT molecular complexity index is 1440. The third-order valence-electron chi connectivity index (χ3n) is 4.97. The molecule has 12 heteroatoms. The molecule has 4 aromatic rings. The largest absolute Gasteiger partial charge is 0.496 e. The quantitative estimate of drug-likeness (QED) is 0.394. The molecule has 0 bridgehead atoms. The van der Waals surface area contributed by atoms with Gasteiger partial charge in [0.05, 0.1) is 30.3 Å². The van der Waals surface area contributed by atoms with E-state index in [1.807, 2.05) is 0 Å². The average molecular weight is 504 g/mol. The van der Waals surface area contributed by atoms with Gasteiger partial charge in [-0.3, -0.25) is 4.98 Å². The number of pyridine rings is 2. The summed E-state index contributed by atoms with van der Waals surface area (Å²) in [6, 6.07) is 10.3. The SMILES string of the molecule is COc1cc(OCc2ccc(C(F)(F)F)cn2)ccc1-c1cnc(-c2ccc(S(C)(=O)=O)nc2)[nH]1. The second-order valence-corrected chi connectivity index (χ2v) is 9.45. The number of aromatic nitrogens is 4. The number of hydrogen-bond acceptors (Lipinski definition) is 7. The van der Waals surface area contributed by atoms with Crippen LogP contribution >= 0.6 is 0 Å². The normalized spacial score (nSPS) is 11.9. The molecule has 182 valence electrons. The van der Waals surface area contributed by atoms with Crippen molar-refractivity contribution in [2.24, 2.45) is 0 Å². The number of imidazole rings is 1. The summed E-state index contributed by atoms with van der Waals surface area (Å²) in [6.45, 7) is -0.0225. The van der Waals surface area contributed by atoms with Crippen LogP contribution in [0.15, 0.2) is 66.1 Å². The second-order valence-electron chi connectivity index (χ2n) is 7.49. The van der Waals surface area contributed by atoms with Crippen molar-refractivity contribution in [1.82, 2.24) is 19.9 Å². The number of benzene rings is 1. The van der Waals surface area contributed by atoms with Crippen LogP contribution in [0.25, 0.3) is 22.6 Å². The molecular formula is C23H19F3N4O4S. The predicted octanol–water partition coefficient (Wildman–Crippen LogP) is 4.54. The van der Waals surface area contributed by atoms with Gasteiger partial charge in [0.25, 0.3) is 0 Å². The Morgan fingerprint density at radius 2 is 1.77 bits per heavy atom. The zero-order valence-electron chi connectivity index (χ0n) is 18.5. The Kier molecular flexibility index (Phi) is 6.48. The Morgan fingerprint density at radius 3 is 2.37 bits per heavy atom. The first-order valence-corrected chi connectivity index (χ1v) is 12.0. The smallest absolute Gasteiger partial charge is 0.417 e. The van der Waals surface area contributed by atoms with Gasteiger partial charge in [-0.2, -0.15) is 13.2 Å². The molecule has 0 amide bonds. The molecule has 8 nitrogen and oxygen atoms in total. The maximum atomic E-state index is 12.7. The number of sulfone groups is 1. The van der Waals surface area contributed by atoms with Crippen LogP contribution in [0.1, 0.15) is 11.3 Å². The molecule has 35 heavy (non-hydrogen) atoms. The molecule has 0 aliphatic rings. The van der Waals surface area contributed by atoms with Crippen LogP contribution < -0.4 is 9.47 Å². The number of halogens is 3. The molecule has 0 fully saturated rings. The fourth-order valence-electron chi connectivity index (χ4n) is 3.16. The number of aromatic amines is 1. The Labute approximate surface area is 198 Å². The number of H-pyrrole nitrogens is 1. The van der Waals surface area contributed by atoms with E-state index in [4.69, 9.17) is 9.47 Å². The highest BCUT2D eigenvalue weighted by Gasteiger charge is 2.30. The molecule has 0 spiro atoms. The fraction of sp³-hybridized carbons (Fsp3) is 0.174. The highest BCUT2D eigenvalue weighted by Crippen LogP contribution is 2.34. The van der Waals surface area contributed by atoms with Crippen molar-refractivity contribution in [1.29, 1.82) is 0 Å². The third-order valence-corrected chi connectivity index (χ3v) is 5.97. The van der Waals surface area contributed by atoms with Crippen LogP contribution in [0.3, 0.4) is 0 Å². The van der Waals surface area contributed by atoms with Gasteiger partial charge in [-0.05, 0) is 36.4 Å². The number of ether oxygens (including phenoxy) is 2. The van der Waals surface area contributed by atoms with E-state index in [1.165, 1.54) is 25.4 Å². The van der Waals surface area contributed by atoms with Crippen molar-refractivity contribution in [3.8, 4) is 34.1 Å². The number of rotatable bonds is 7. The van der Waals surface area contributed by atoms with E-state index < -0.39 is 21.6 Å². The zero-order valence-corrected chi connectivity index (χ0v) is 19.3. The number of alkyl halides is 3. The summed E-state index contributed by atoms with van der Waals surface area (Å²) in [7, 11) is -1.91. The van der Waals surface area contributed by atoms with Crippen molar-refractivity contribution < 1.29 is 31.1 Å². The van der Waals surface area contributed by atoms with E-state index >= 15 is 0 Å². The summed E-state index contributed by atoms with van der Waals surface area (Å²) in [5.41, 5.74) is 1.45. The number of nitrogens with one attached hydrogen (secondary N) is 1. The predicted molar refractivity (Wildman–Crippen MR) is 120 cm³/mol. The molecule has 0 atom stereocenters. The van der Waals surface area contributed by atoms with Crippen molar-refractivity contribution >= 4 is 9.84 Å². The van der Waals surface area contributed by atoms with Gasteiger partial charge in [0, 0.05) is 35.8 Å². The summed E-state index contributed by atoms with van der Waals surface area (Å²) < 4.78 is 72.3. The Morgan fingerprint density at radius 1 is 0.971 bits per heavy atom. The first-order valence-electron chi connectivity index (χ1n) is 10.1. The molecule has 0 aliphatic heterocycles. The first kappa shape index (κ1) is 24.2. The minimum Gasteiger partial charge on any atom is -0.496 e. The van der Waals surface area contributed by atoms with Crippen molar-refractivity contribution in [2.75, 3.05) is 13.4 Å². The topological polar surface area (TPSA) is 107 Å². The molecule has 1 aromatic carbocycles. The molecular weight excluding hydrogens is 485 g/mol. The van der Waals surface area contributed by atoms with Gasteiger partial charge in [-0.1, -0.05) is 0 Å². The average Bonchev–Trinajstić information content (AvgIpc) is 3.32. The molecule has 1 N–H and O–H groups in total. The van der Waals surface area contributed by atoms with Crippen molar-refractivity contribution in [3.05, 3.63) is 72.3 Å². The molecule has 3 aromatic heterocycles. The van der Waals surface area contributed by atoms with Gasteiger partial charge >= 0.3 is 6.18 Å². The number of hydrogen-bond donors (Lipinski definition) is 1. The van der Waals surface area contributed by atoms with Gasteiger partial charge in [0.15, 0.2) is 14.9 Å². The highest BCUT2D eigenvalue weighted by molar-refractivity contribution is 7.90. The molecule has 4 rings (SSSR count). The lowest BCUT2D eigenvalue weighted by molar-refractivity contribution is -0.137. The molecule has 0 saturated heterocycles. The van der Waals surface area contributed by atoms with E-state index in [2.05, 4.69) is 19.9 Å². The van der Waals surface area contributed by atoms with Crippen molar-refractivity contribution in [3.63, 3.8) is 0 Å². The first-order chi connectivity index (χ1) is 16.5. The van der Waals surface area contributed by atoms with E-state index in [1.54, 1.807) is 30.5 Å². The monoisotopic (exact) mass is 504 g/mol. The fourth-order valence-corrected chi connectivity index (χ4v) is 3.72. The number of methoxy groups -OCH3 is 1. The van der Waals surface area contributed by atoms with E-state index in [0.717, 1.165) is 18.5 Å². The second kappa shape index (κ2) is 9.37. The van der Waals surface area contributed by atoms with Gasteiger partial charge in [-0.15, -0.1) is 0 Å². The van der Waals surface area contributed by atoms with Crippen LogP contribution in [0, 0.1) is 0 Å². The van der Waals surface area contributed by atoms with Gasteiger partial charge < -0.3 is 14.5 Å². The van der Waals surface area contributed by atoms with E-state index in [9.17, 15) is 21.6 Å². The van der Waals surface area contributed by atoms with Gasteiger partial charge in [0.1, 0.15) is 23.9 Å². The van der Waals surface area contributed by atoms with Crippen LogP contribution in [0.2, 0.25) is 0 Å².